The SMILES string of the molecule is C[C@@]1(F)C(O)[C@@H](CO)O[C@H]1n1cnc2c(Cl)nc(N)nc21. The molecule has 0 saturated carbocycles. The Morgan fingerprint density at radius 1 is 1.57 bits per heavy atom. The molecule has 1 saturated heterocycles. The fraction of sp³-hybridized carbons (Fsp3) is 0.545. The van der Waals surface area contributed by atoms with Crippen molar-refractivity contribution in [3.05, 3.63) is 11.5 Å². The lowest BCUT2D eigenvalue weighted by molar-refractivity contribution is -0.0566. The first kappa shape index (κ1) is 14.4. The third-order valence-corrected chi connectivity index (χ3v) is 3.81. The summed E-state index contributed by atoms with van der Waals surface area (Å²) in [6, 6.07) is 0. The normalized spacial score (nSPS) is 32.9. The first-order valence-corrected chi connectivity index (χ1v) is 6.53. The zero-order valence-corrected chi connectivity index (χ0v) is 11.7. The smallest absolute Gasteiger partial charge is 0.223 e. The molecule has 4 N–H and O–H groups in total. The Morgan fingerprint density at radius 3 is 2.90 bits per heavy atom. The van der Waals surface area contributed by atoms with E-state index in [1.807, 2.05) is 0 Å². The van der Waals surface area contributed by atoms with Gasteiger partial charge in [0.1, 0.15) is 17.7 Å². The van der Waals surface area contributed by atoms with Gasteiger partial charge in [-0.25, -0.2) is 9.37 Å². The third-order valence-electron chi connectivity index (χ3n) is 3.55. The van der Waals surface area contributed by atoms with E-state index in [2.05, 4.69) is 15.0 Å². The van der Waals surface area contributed by atoms with Crippen LogP contribution in [0.25, 0.3) is 11.2 Å². The summed E-state index contributed by atoms with van der Waals surface area (Å²) in [5.41, 5.74) is 3.81. The second-order valence-corrected chi connectivity index (χ2v) is 5.36. The van der Waals surface area contributed by atoms with Crippen molar-refractivity contribution in [1.82, 2.24) is 19.5 Å². The standard InChI is InChI=1S/C11H13ClFN5O3/c1-11(13)6(20)4(2-19)21-9(11)18-3-15-5-7(12)16-10(14)17-8(5)18/h3-4,6,9,19-20H,2H2,1H3,(H2,14,16,17)/t4-,6?,9-,11-/m1/s1. The van der Waals surface area contributed by atoms with Crippen LogP contribution < -0.4 is 5.73 Å². The summed E-state index contributed by atoms with van der Waals surface area (Å²) in [6.45, 7) is 0.664. The highest BCUT2D eigenvalue weighted by molar-refractivity contribution is 6.33. The number of aromatic nitrogens is 4. The van der Waals surface area contributed by atoms with E-state index in [0.29, 0.717) is 0 Å². The summed E-state index contributed by atoms with van der Waals surface area (Å²) in [5, 5.41) is 19.1. The molecule has 10 heteroatoms. The molecule has 1 aliphatic heterocycles. The molecule has 2 aromatic heterocycles. The molecule has 0 bridgehead atoms. The predicted octanol–water partition coefficient (Wildman–Crippen LogP) is 0.0407. The van der Waals surface area contributed by atoms with E-state index in [0.717, 1.165) is 0 Å². The number of alkyl halides is 1. The van der Waals surface area contributed by atoms with Gasteiger partial charge in [-0.1, -0.05) is 11.6 Å². The van der Waals surface area contributed by atoms with Crippen LogP contribution >= 0.6 is 11.6 Å². The maximum absolute atomic E-state index is 14.8. The third kappa shape index (κ3) is 2.04. The van der Waals surface area contributed by atoms with Gasteiger partial charge in [0.15, 0.2) is 22.7 Å². The van der Waals surface area contributed by atoms with Gasteiger partial charge >= 0.3 is 0 Å². The molecule has 2 aromatic rings. The number of hydrogen-bond acceptors (Lipinski definition) is 7. The van der Waals surface area contributed by atoms with E-state index in [-0.39, 0.29) is 22.3 Å². The van der Waals surface area contributed by atoms with Crippen LogP contribution in [0.1, 0.15) is 13.2 Å². The number of hydrogen-bond donors (Lipinski definition) is 3. The molecule has 1 fully saturated rings. The van der Waals surface area contributed by atoms with Crippen molar-refractivity contribution < 1.29 is 19.3 Å². The topological polar surface area (TPSA) is 119 Å². The fourth-order valence-corrected chi connectivity index (χ4v) is 2.65. The lowest BCUT2D eigenvalue weighted by Gasteiger charge is -2.24. The van der Waals surface area contributed by atoms with E-state index < -0.39 is 30.7 Å². The summed E-state index contributed by atoms with van der Waals surface area (Å²) in [7, 11) is 0. The van der Waals surface area contributed by atoms with Gasteiger partial charge in [-0.15, -0.1) is 0 Å². The summed E-state index contributed by atoms with van der Waals surface area (Å²) < 4.78 is 21.4. The zero-order chi connectivity index (χ0) is 15.4. The van der Waals surface area contributed by atoms with Crippen molar-refractivity contribution >= 4 is 28.7 Å². The van der Waals surface area contributed by atoms with Crippen molar-refractivity contribution in [2.24, 2.45) is 0 Å². The van der Waals surface area contributed by atoms with Crippen molar-refractivity contribution in [3.63, 3.8) is 0 Å². The van der Waals surface area contributed by atoms with Gasteiger partial charge < -0.3 is 20.7 Å². The quantitative estimate of drug-likeness (QED) is 0.669. The minimum atomic E-state index is -2.15. The van der Waals surface area contributed by atoms with Crippen LogP contribution in [0.3, 0.4) is 0 Å². The number of nitrogens with zero attached hydrogens (tertiary/aromatic N) is 4. The molecule has 3 rings (SSSR count). The molecule has 0 spiro atoms. The first-order valence-electron chi connectivity index (χ1n) is 6.15. The van der Waals surface area contributed by atoms with Crippen LogP contribution in [0.2, 0.25) is 5.15 Å². The van der Waals surface area contributed by atoms with E-state index >= 15 is 0 Å². The Hall–Kier alpha value is -1.55. The molecule has 3 heterocycles. The van der Waals surface area contributed by atoms with E-state index in [4.69, 9.17) is 27.2 Å². The largest absolute Gasteiger partial charge is 0.394 e. The van der Waals surface area contributed by atoms with Crippen LogP contribution in [0, 0.1) is 0 Å². The Kier molecular flexibility index (Phi) is 3.24. The second-order valence-electron chi connectivity index (χ2n) is 5.00. The summed E-state index contributed by atoms with van der Waals surface area (Å²) in [6.07, 6.45) is -2.48. The molecule has 8 nitrogen and oxygen atoms in total. The molecule has 114 valence electrons. The number of imidazole rings is 1. The predicted molar refractivity (Wildman–Crippen MR) is 71.3 cm³/mol. The highest BCUT2D eigenvalue weighted by Gasteiger charge is 2.55. The summed E-state index contributed by atoms with van der Waals surface area (Å²) in [5.74, 6) is -0.0907. The Morgan fingerprint density at radius 2 is 2.29 bits per heavy atom. The average molecular weight is 318 g/mol. The first-order chi connectivity index (χ1) is 9.86. The summed E-state index contributed by atoms with van der Waals surface area (Å²) >= 11 is 5.91. The van der Waals surface area contributed by atoms with Crippen molar-refractivity contribution in [2.45, 2.75) is 31.0 Å². The van der Waals surface area contributed by atoms with Gasteiger partial charge in [-0.3, -0.25) is 4.57 Å². The molecular weight excluding hydrogens is 305 g/mol. The minimum absolute atomic E-state index is 0.0362. The van der Waals surface area contributed by atoms with Crippen molar-refractivity contribution in [2.75, 3.05) is 12.3 Å². The van der Waals surface area contributed by atoms with E-state index in [1.165, 1.54) is 17.8 Å². The lowest BCUT2D eigenvalue weighted by atomic mass is 9.99. The highest BCUT2D eigenvalue weighted by Crippen LogP contribution is 2.42. The molecular formula is C11H13ClFN5O3. The van der Waals surface area contributed by atoms with Crippen molar-refractivity contribution in [3.8, 4) is 0 Å². The van der Waals surface area contributed by atoms with Gasteiger partial charge in [0.25, 0.3) is 0 Å². The number of nitrogen functional groups attached to an aromatic ring is 1. The number of rotatable bonds is 2. The van der Waals surface area contributed by atoms with Crippen molar-refractivity contribution in [1.29, 1.82) is 0 Å². The number of aliphatic hydroxyl groups excluding tert-OH is 2. The number of ether oxygens (including phenoxy) is 1. The second kappa shape index (κ2) is 4.73. The molecule has 21 heavy (non-hydrogen) atoms. The molecule has 0 aromatic carbocycles. The van der Waals surface area contributed by atoms with Crippen LogP contribution in [-0.2, 0) is 4.74 Å². The number of fused-ring (bicyclic) bond motifs is 1. The molecule has 1 aliphatic rings. The lowest BCUT2D eigenvalue weighted by Crippen LogP contribution is -2.40. The van der Waals surface area contributed by atoms with Crippen LogP contribution in [0.5, 0.6) is 0 Å². The molecule has 0 amide bonds. The number of nitrogens with two attached hydrogens (primary N) is 1. The number of halogens is 2. The molecule has 1 unspecified atom stereocenters. The van der Waals surface area contributed by atoms with Gasteiger partial charge in [0.05, 0.1) is 12.9 Å². The minimum Gasteiger partial charge on any atom is -0.394 e. The molecule has 4 atom stereocenters. The highest BCUT2D eigenvalue weighted by atomic mass is 35.5. The fourth-order valence-electron chi connectivity index (χ4n) is 2.43. The number of anilines is 1. The Bertz CT molecular complexity index is 694. The van der Waals surface area contributed by atoms with Crippen LogP contribution in [-0.4, -0.2) is 54.2 Å². The zero-order valence-electron chi connectivity index (χ0n) is 10.9. The van der Waals surface area contributed by atoms with Crippen LogP contribution in [0.4, 0.5) is 10.3 Å². The average Bonchev–Trinajstić information content (AvgIpc) is 2.91. The Balaban J connectivity index is 2.13. The maximum Gasteiger partial charge on any atom is 0.223 e. The summed E-state index contributed by atoms with van der Waals surface area (Å²) in [4.78, 5) is 11.7. The molecule has 0 aliphatic carbocycles. The monoisotopic (exact) mass is 317 g/mol. The van der Waals surface area contributed by atoms with E-state index in [9.17, 15) is 9.50 Å². The van der Waals surface area contributed by atoms with Gasteiger partial charge in [0, 0.05) is 0 Å². The maximum atomic E-state index is 14.8. The van der Waals surface area contributed by atoms with Gasteiger partial charge in [-0.05, 0) is 6.92 Å². The van der Waals surface area contributed by atoms with Gasteiger partial charge in [-0.2, -0.15) is 9.97 Å². The Labute approximate surface area is 123 Å². The molecule has 0 radical (unpaired) electrons. The number of aliphatic hydroxyl groups is 2. The van der Waals surface area contributed by atoms with Gasteiger partial charge in [0.2, 0.25) is 5.95 Å². The van der Waals surface area contributed by atoms with E-state index in [1.54, 1.807) is 0 Å². The van der Waals surface area contributed by atoms with Crippen LogP contribution in [0.15, 0.2) is 6.33 Å².